The van der Waals surface area contributed by atoms with Crippen LogP contribution in [0, 0.1) is 0 Å². The molecule has 0 aliphatic rings. The molecule has 1 unspecified atom stereocenters. The number of aliphatic hydroxyl groups is 1. The van der Waals surface area contributed by atoms with E-state index in [4.69, 9.17) is 0 Å². The van der Waals surface area contributed by atoms with Crippen LogP contribution in [0.25, 0.3) is 0 Å². The summed E-state index contributed by atoms with van der Waals surface area (Å²) in [6.07, 6.45) is 0.361. The Bertz CT molecular complexity index is 322. The molecule has 1 rings (SSSR count). The lowest BCUT2D eigenvalue weighted by Gasteiger charge is -2.37. The van der Waals surface area contributed by atoms with Gasteiger partial charge in [0, 0.05) is 26.7 Å². The zero-order chi connectivity index (χ0) is 11.6. The maximum absolute atomic E-state index is 10.2. The minimum atomic E-state index is -0.349. The molecule has 0 saturated heterocycles. The van der Waals surface area contributed by atoms with Crippen molar-refractivity contribution in [3.8, 4) is 0 Å². The third-order valence-electron chi connectivity index (χ3n) is 2.98. The normalized spacial score (nSPS) is 14.6. The summed E-state index contributed by atoms with van der Waals surface area (Å²) in [5.41, 5.74) is -0.198. The van der Waals surface area contributed by atoms with Gasteiger partial charge in [-0.3, -0.25) is 0 Å². The van der Waals surface area contributed by atoms with Crippen molar-refractivity contribution in [1.29, 1.82) is 0 Å². The Morgan fingerprint density at radius 3 is 2.53 bits per heavy atom. The minimum absolute atomic E-state index is 0.198. The minimum Gasteiger partial charge on any atom is -0.391 e. The van der Waals surface area contributed by atoms with Crippen molar-refractivity contribution in [3.63, 3.8) is 0 Å². The maximum Gasteiger partial charge on any atom is 0.0766 e. The Labute approximate surface area is 104 Å². The van der Waals surface area contributed by atoms with Crippen LogP contribution in [0.1, 0.15) is 18.7 Å². The van der Waals surface area contributed by atoms with Crippen LogP contribution in [0.3, 0.4) is 0 Å². The second kappa shape index (κ2) is 4.95. The van der Waals surface area contributed by atoms with Crippen molar-refractivity contribution in [2.45, 2.75) is 31.9 Å². The van der Waals surface area contributed by atoms with Crippen molar-refractivity contribution in [1.82, 2.24) is 4.90 Å². The monoisotopic (exact) mass is 291 g/mol. The molecule has 0 aliphatic heterocycles. The molecule has 0 spiro atoms. The SMILES string of the molecule is CN(C)C(C)(C)C(O)Cc1cc(Br)cs1. The number of likely N-dealkylation sites (N-methyl/N-ethyl adjacent to an activating group) is 1. The van der Waals surface area contributed by atoms with E-state index in [2.05, 4.69) is 40.7 Å². The van der Waals surface area contributed by atoms with Crippen LogP contribution in [-0.4, -0.2) is 35.7 Å². The lowest BCUT2D eigenvalue weighted by Crippen LogP contribution is -2.49. The van der Waals surface area contributed by atoms with E-state index in [1.165, 1.54) is 4.88 Å². The van der Waals surface area contributed by atoms with Crippen molar-refractivity contribution in [3.05, 3.63) is 20.8 Å². The summed E-state index contributed by atoms with van der Waals surface area (Å²) in [7, 11) is 3.99. The van der Waals surface area contributed by atoms with E-state index in [1.54, 1.807) is 11.3 Å². The van der Waals surface area contributed by atoms with Gasteiger partial charge in [-0.15, -0.1) is 11.3 Å². The Hall–Kier alpha value is 0.1000. The molecule has 0 fully saturated rings. The van der Waals surface area contributed by atoms with E-state index in [-0.39, 0.29) is 11.6 Å². The second-order valence-corrected chi connectivity index (χ2v) is 6.41. The van der Waals surface area contributed by atoms with E-state index < -0.39 is 0 Å². The van der Waals surface area contributed by atoms with Crippen molar-refractivity contribution >= 4 is 27.3 Å². The first-order valence-corrected chi connectivity index (χ1v) is 6.59. The topological polar surface area (TPSA) is 23.5 Å². The quantitative estimate of drug-likeness (QED) is 0.922. The van der Waals surface area contributed by atoms with Gasteiger partial charge >= 0.3 is 0 Å². The molecule has 1 atom stereocenters. The highest BCUT2D eigenvalue weighted by molar-refractivity contribution is 9.10. The lowest BCUT2D eigenvalue weighted by atomic mass is 9.93. The number of hydrogen-bond donors (Lipinski definition) is 1. The number of thiophene rings is 1. The Morgan fingerprint density at radius 2 is 2.13 bits per heavy atom. The molecular weight excluding hydrogens is 274 g/mol. The first-order valence-electron chi connectivity index (χ1n) is 4.92. The second-order valence-electron chi connectivity index (χ2n) is 4.50. The van der Waals surface area contributed by atoms with Gasteiger partial charge < -0.3 is 10.0 Å². The van der Waals surface area contributed by atoms with Crippen LogP contribution in [0.15, 0.2) is 15.9 Å². The molecule has 0 saturated carbocycles. The Balaban J connectivity index is 2.67. The van der Waals surface area contributed by atoms with E-state index in [1.807, 2.05) is 19.5 Å². The highest BCUT2D eigenvalue weighted by Crippen LogP contribution is 2.25. The molecule has 1 aromatic rings. The summed E-state index contributed by atoms with van der Waals surface area (Å²) < 4.78 is 1.09. The van der Waals surface area contributed by atoms with E-state index >= 15 is 0 Å². The average Bonchev–Trinajstić information content (AvgIpc) is 2.50. The molecular formula is C11H18BrNOS. The Morgan fingerprint density at radius 1 is 1.53 bits per heavy atom. The van der Waals surface area contributed by atoms with Crippen molar-refractivity contribution in [2.75, 3.05) is 14.1 Å². The van der Waals surface area contributed by atoms with E-state index in [0.29, 0.717) is 6.42 Å². The summed E-state index contributed by atoms with van der Waals surface area (Å²) >= 11 is 5.10. The van der Waals surface area contributed by atoms with Gasteiger partial charge in [0.1, 0.15) is 0 Å². The summed E-state index contributed by atoms with van der Waals surface area (Å²) in [4.78, 5) is 3.27. The zero-order valence-corrected chi connectivity index (χ0v) is 12.0. The summed E-state index contributed by atoms with van der Waals surface area (Å²) in [5, 5.41) is 12.2. The van der Waals surface area contributed by atoms with Gasteiger partial charge in [0.2, 0.25) is 0 Å². The molecule has 1 N–H and O–H groups in total. The van der Waals surface area contributed by atoms with Crippen LogP contribution in [0.2, 0.25) is 0 Å². The number of aliphatic hydroxyl groups excluding tert-OH is 1. The number of rotatable bonds is 4. The molecule has 86 valence electrons. The Kier molecular flexibility index (Phi) is 4.35. The predicted molar refractivity (Wildman–Crippen MR) is 69.5 cm³/mol. The highest BCUT2D eigenvalue weighted by atomic mass is 79.9. The molecule has 15 heavy (non-hydrogen) atoms. The highest BCUT2D eigenvalue weighted by Gasteiger charge is 2.30. The third kappa shape index (κ3) is 3.28. The number of halogens is 1. The first kappa shape index (κ1) is 13.2. The van der Waals surface area contributed by atoms with Gasteiger partial charge in [0.25, 0.3) is 0 Å². The molecule has 1 heterocycles. The van der Waals surface area contributed by atoms with Crippen molar-refractivity contribution < 1.29 is 5.11 Å². The smallest absolute Gasteiger partial charge is 0.0766 e. The predicted octanol–water partition coefficient (Wildman–Crippen LogP) is 2.75. The van der Waals surface area contributed by atoms with E-state index in [0.717, 1.165) is 4.47 Å². The fourth-order valence-corrected chi connectivity index (χ4v) is 2.69. The molecule has 0 amide bonds. The molecule has 0 aliphatic carbocycles. The largest absolute Gasteiger partial charge is 0.391 e. The van der Waals surface area contributed by atoms with Crippen LogP contribution in [0.4, 0.5) is 0 Å². The zero-order valence-electron chi connectivity index (χ0n) is 9.62. The van der Waals surface area contributed by atoms with Gasteiger partial charge in [0.15, 0.2) is 0 Å². The molecule has 1 aromatic heterocycles. The molecule has 2 nitrogen and oxygen atoms in total. The summed E-state index contributed by atoms with van der Waals surface area (Å²) in [6, 6.07) is 2.07. The molecule has 0 radical (unpaired) electrons. The average molecular weight is 292 g/mol. The lowest BCUT2D eigenvalue weighted by molar-refractivity contribution is 0.0187. The van der Waals surface area contributed by atoms with Crippen LogP contribution >= 0.6 is 27.3 Å². The number of nitrogens with zero attached hydrogens (tertiary/aromatic N) is 1. The van der Waals surface area contributed by atoms with Gasteiger partial charge in [-0.2, -0.15) is 0 Å². The molecule has 0 bridgehead atoms. The fraction of sp³-hybridized carbons (Fsp3) is 0.636. The third-order valence-corrected chi connectivity index (χ3v) is 4.70. The van der Waals surface area contributed by atoms with Crippen molar-refractivity contribution in [2.24, 2.45) is 0 Å². The summed E-state index contributed by atoms with van der Waals surface area (Å²) in [6.45, 7) is 4.11. The van der Waals surface area contributed by atoms with Crippen LogP contribution in [-0.2, 0) is 6.42 Å². The van der Waals surface area contributed by atoms with Gasteiger partial charge in [-0.25, -0.2) is 0 Å². The van der Waals surface area contributed by atoms with Gasteiger partial charge in [-0.1, -0.05) is 0 Å². The fourth-order valence-electron chi connectivity index (χ4n) is 1.20. The summed E-state index contributed by atoms with van der Waals surface area (Å²) in [5.74, 6) is 0. The molecule has 0 aromatic carbocycles. The first-order chi connectivity index (χ1) is 6.84. The van der Waals surface area contributed by atoms with E-state index in [9.17, 15) is 5.11 Å². The maximum atomic E-state index is 10.2. The van der Waals surface area contributed by atoms with Gasteiger partial charge in [-0.05, 0) is 49.9 Å². The van der Waals surface area contributed by atoms with Crippen LogP contribution in [0.5, 0.6) is 0 Å². The molecule has 4 heteroatoms. The standard InChI is InChI=1S/C11H18BrNOS/c1-11(2,13(3)4)10(14)6-9-5-8(12)7-15-9/h5,7,10,14H,6H2,1-4H3. The number of hydrogen-bond acceptors (Lipinski definition) is 3. The van der Waals surface area contributed by atoms with Crippen LogP contribution < -0.4 is 0 Å². The van der Waals surface area contributed by atoms with Gasteiger partial charge in [0.05, 0.1) is 6.10 Å².